The molecule has 3 aromatic rings. The molecule has 1 N–H and O–H groups in total. The van der Waals surface area contributed by atoms with E-state index in [1.807, 2.05) is 37.3 Å². The van der Waals surface area contributed by atoms with Crippen LogP contribution >= 0.6 is 0 Å². The largest absolute Gasteiger partial charge is 0.465 e. The summed E-state index contributed by atoms with van der Waals surface area (Å²) in [6, 6.07) is 21.7. The van der Waals surface area contributed by atoms with Crippen molar-refractivity contribution in [1.29, 1.82) is 0 Å². The van der Waals surface area contributed by atoms with E-state index in [-0.39, 0.29) is 22.9 Å². The minimum Gasteiger partial charge on any atom is -0.465 e. The lowest BCUT2D eigenvalue weighted by atomic mass is 10.1. The van der Waals surface area contributed by atoms with Gasteiger partial charge in [0.15, 0.2) is 0 Å². The number of ether oxygens (including phenoxy) is 1. The monoisotopic (exact) mass is 452 g/mol. The number of hydrogen-bond donors (Lipinski definition) is 1. The Morgan fingerprint density at radius 3 is 2.00 bits per heavy atom. The summed E-state index contributed by atoms with van der Waals surface area (Å²) in [5.41, 5.74) is 1.63. The fourth-order valence-electron chi connectivity index (χ4n) is 3.30. The summed E-state index contributed by atoms with van der Waals surface area (Å²) < 4.78 is 31.2. The van der Waals surface area contributed by atoms with Gasteiger partial charge in [-0.3, -0.25) is 4.79 Å². The Balaban J connectivity index is 2.06. The number of amides is 1. The number of anilines is 2. The molecule has 0 saturated carbocycles. The van der Waals surface area contributed by atoms with Crippen LogP contribution in [-0.4, -0.2) is 33.7 Å². The maximum atomic E-state index is 13.0. The molecule has 0 aromatic heterocycles. The van der Waals surface area contributed by atoms with Crippen LogP contribution in [0.1, 0.15) is 39.2 Å². The van der Waals surface area contributed by atoms with Gasteiger partial charge in [-0.25, -0.2) is 17.5 Å². The third-order valence-corrected chi connectivity index (χ3v) is 5.89. The van der Waals surface area contributed by atoms with Gasteiger partial charge in [0, 0.05) is 5.56 Å². The molecule has 1 amide bonds. The summed E-state index contributed by atoms with van der Waals surface area (Å²) in [6.45, 7) is 1.84. The van der Waals surface area contributed by atoms with E-state index in [1.165, 1.54) is 25.3 Å². The standard InChI is InChI=1S/C24H24N2O5S/c1-17(18-10-6-4-7-11-18)25-23(27)19-14-20(24(28)31-2)16-22(15-19)26(32(3,29)30)21-12-8-5-9-13-21/h4-17H,1-3H3,(H,25,27)/t17-/m1/s1. The molecule has 0 fully saturated rings. The summed E-state index contributed by atoms with van der Waals surface area (Å²) in [5, 5.41) is 2.88. The summed E-state index contributed by atoms with van der Waals surface area (Å²) in [4.78, 5) is 25.3. The van der Waals surface area contributed by atoms with Crippen molar-refractivity contribution in [2.24, 2.45) is 0 Å². The van der Waals surface area contributed by atoms with Crippen LogP contribution < -0.4 is 9.62 Å². The quantitative estimate of drug-likeness (QED) is 0.546. The predicted molar refractivity (Wildman–Crippen MR) is 124 cm³/mol. The highest BCUT2D eigenvalue weighted by Gasteiger charge is 2.24. The molecule has 7 nitrogen and oxygen atoms in total. The Bertz CT molecular complexity index is 1210. The molecule has 0 unspecified atom stereocenters. The van der Waals surface area contributed by atoms with E-state index < -0.39 is 21.9 Å². The van der Waals surface area contributed by atoms with Crippen molar-refractivity contribution in [2.45, 2.75) is 13.0 Å². The molecule has 0 saturated heterocycles. The Hall–Kier alpha value is -3.65. The van der Waals surface area contributed by atoms with Gasteiger partial charge in [-0.05, 0) is 42.8 Å². The number of carbonyl (C=O) groups is 2. The average molecular weight is 453 g/mol. The first kappa shape index (κ1) is 23.0. The molecule has 0 spiro atoms. The van der Waals surface area contributed by atoms with Crippen LogP contribution in [0.2, 0.25) is 0 Å². The second-order valence-corrected chi connectivity index (χ2v) is 9.06. The van der Waals surface area contributed by atoms with Crippen LogP contribution in [0.3, 0.4) is 0 Å². The van der Waals surface area contributed by atoms with Crippen LogP contribution in [0.15, 0.2) is 78.9 Å². The van der Waals surface area contributed by atoms with E-state index in [9.17, 15) is 18.0 Å². The van der Waals surface area contributed by atoms with Crippen LogP contribution in [-0.2, 0) is 14.8 Å². The lowest BCUT2D eigenvalue weighted by Gasteiger charge is -2.24. The first-order chi connectivity index (χ1) is 15.2. The van der Waals surface area contributed by atoms with E-state index in [4.69, 9.17) is 4.74 Å². The van der Waals surface area contributed by atoms with E-state index >= 15 is 0 Å². The van der Waals surface area contributed by atoms with Crippen LogP contribution in [0.25, 0.3) is 0 Å². The summed E-state index contributed by atoms with van der Waals surface area (Å²) >= 11 is 0. The molecular weight excluding hydrogens is 428 g/mol. The van der Waals surface area contributed by atoms with Crippen molar-refractivity contribution in [3.63, 3.8) is 0 Å². The second kappa shape index (κ2) is 9.65. The summed E-state index contributed by atoms with van der Waals surface area (Å²) in [5.74, 6) is -1.13. The number of sulfonamides is 1. The van der Waals surface area contributed by atoms with E-state index in [2.05, 4.69) is 5.32 Å². The zero-order valence-corrected chi connectivity index (χ0v) is 18.8. The summed E-state index contributed by atoms with van der Waals surface area (Å²) in [6.07, 6.45) is 1.06. The van der Waals surface area contributed by atoms with Gasteiger partial charge < -0.3 is 10.1 Å². The molecular formula is C24H24N2O5S. The third kappa shape index (κ3) is 5.33. The van der Waals surface area contributed by atoms with Gasteiger partial charge in [-0.1, -0.05) is 48.5 Å². The molecule has 0 radical (unpaired) electrons. The van der Waals surface area contributed by atoms with Gasteiger partial charge in [0.1, 0.15) is 0 Å². The van der Waals surface area contributed by atoms with E-state index in [0.717, 1.165) is 16.1 Å². The maximum Gasteiger partial charge on any atom is 0.337 e. The van der Waals surface area contributed by atoms with Gasteiger partial charge in [-0.2, -0.15) is 0 Å². The predicted octanol–water partition coefficient (Wildman–Crippen LogP) is 4.06. The van der Waals surface area contributed by atoms with Crippen molar-refractivity contribution >= 4 is 33.3 Å². The minimum atomic E-state index is -3.78. The Morgan fingerprint density at radius 2 is 1.44 bits per heavy atom. The van der Waals surface area contributed by atoms with E-state index in [0.29, 0.717) is 5.69 Å². The molecule has 0 heterocycles. The maximum absolute atomic E-state index is 13.0. The normalized spacial score (nSPS) is 12.0. The van der Waals surface area contributed by atoms with Gasteiger partial charge in [-0.15, -0.1) is 0 Å². The third-order valence-electron chi connectivity index (χ3n) is 4.81. The van der Waals surface area contributed by atoms with Crippen LogP contribution in [0.4, 0.5) is 11.4 Å². The van der Waals surface area contributed by atoms with Gasteiger partial charge in [0.05, 0.1) is 36.3 Å². The number of para-hydroxylation sites is 1. The topological polar surface area (TPSA) is 92.8 Å². The number of hydrogen-bond acceptors (Lipinski definition) is 5. The zero-order chi connectivity index (χ0) is 23.3. The van der Waals surface area contributed by atoms with Crippen LogP contribution in [0.5, 0.6) is 0 Å². The minimum absolute atomic E-state index is 0.0621. The van der Waals surface area contributed by atoms with Crippen molar-refractivity contribution < 1.29 is 22.7 Å². The highest BCUT2D eigenvalue weighted by molar-refractivity contribution is 7.92. The lowest BCUT2D eigenvalue weighted by Crippen LogP contribution is -2.28. The number of nitrogens with one attached hydrogen (secondary N) is 1. The smallest absolute Gasteiger partial charge is 0.337 e. The Morgan fingerprint density at radius 1 is 0.875 bits per heavy atom. The van der Waals surface area contributed by atoms with Crippen molar-refractivity contribution in [3.8, 4) is 0 Å². The number of carbonyl (C=O) groups excluding carboxylic acids is 2. The molecule has 0 aliphatic carbocycles. The number of rotatable bonds is 7. The SMILES string of the molecule is COC(=O)c1cc(C(=O)N[C@H](C)c2ccccc2)cc(N(c2ccccc2)S(C)(=O)=O)c1. The lowest BCUT2D eigenvalue weighted by molar-refractivity contribution is 0.0600. The average Bonchev–Trinajstić information content (AvgIpc) is 2.78. The molecule has 0 aliphatic rings. The van der Waals surface area contributed by atoms with E-state index in [1.54, 1.807) is 30.3 Å². The Labute approximate surface area is 187 Å². The molecule has 3 aromatic carbocycles. The van der Waals surface area contributed by atoms with Crippen molar-refractivity contribution in [1.82, 2.24) is 5.32 Å². The number of methoxy groups -OCH3 is 1. The summed E-state index contributed by atoms with van der Waals surface area (Å²) in [7, 11) is -2.56. The second-order valence-electron chi connectivity index (χ2n) is 7.23. The van der Waals surface area contributed by atoms with Crippen LogP contribution in [0, 0.1) is 0 Å². The molecule has 3 rings (SSSR count). The molecule has 8 heteroatoms. The molecule has 166 valence electrons. The molecule has 1 atom stereocenters. The fourth-order valence-corrected chi connectivity index (χ4v) is 4.29. The van der Waals surface area contributed by atoms with Gasteiger partial charge in [0.2, 0.25) is 10.0 Å². The van der Waals surface area contributed by atoms with Gasteiger partial charge in [0.25, 0.3) is 5.91 Å². The number of esters is 1. The number of benzene rings is 3. The zero-order valence-electron chi connectivity index (χ0n) is 18.0. The first-order valence-electron chi connectivity index (χ1n) is 9.85. The molecule has 0 bridgehead atoms. The highest BCUT2D eigenvalue weighted by atomic mass is 32.2. The molecule has 32 heavy (non-hydrogen) atoms. The highest BCUT2D eigenvalue weighted by Crippen LogP contribution is 2.30. The first-order valence-corrected chi connectivity index (χ1v) is 11.7. The number of nitrogens with zero attached hydrogens (tertiary/aromatic N) is 1. The van der Waals surface area contributed by atoms with Crippen molar-refractivity contribution in [3.05, 3.63) is 95.6 Å². The van der Waals surface area contributed by atoms with Gasteiger partial charge >= 0.3 is 5.97 Å². The molecule has 0 aliphatic heterocycles. The Kier molecular flexibility index (Phi) is 6.95. The van der Waals surface area contributed by atoms with Crippen molar-refractivity contribution in [2.75, 3.05) is 17.7 Å². The fraction of sp³-hybridized carbons (Fsp3) is 0.167.